The number of rotatable bonds is 6. The van der Waals surface area contributed by atoms with Gasteiger partial charge in [0.05, 0.1) is 18.7 Å². The number of ether oxygens (including phenoxy) is 1. The highest BCUT2D eigenvalue weighted by Crippen LogP contribution is 2.14. The Morgan fingerprint density at radius 3 is 2.92 bits per heavy atom. The molecule has 0 spiro atoms. The van der Waals surface area contributed by atoms with Gasteiger partial charge >= 0.3 is 5.97 Å². The molecule has 0 aromatic carbocycles. The number of amides is 1. The Bertz CT molecular complexity index is 932. The van der Waals surface area contributed by atoms with Crippen LogP contribution in [0.4, 0.5) is 0 Å². The zero-order valence-corrected chi connectivity index (χ0v) is 14.7. The third-order valence-electron chi connectivity index (χ3n) is 4.02. The van der Waals surface area contributed by atoms with Gasteiger partial charge in [0.2, 0.25) is 0 Å². The van der Waals surface area contributed by atoms with Crippen LogP contribution in [0.1, 0.15) is 35.7 Å². The number of esters is 1. The summed E-state index contributed by atoms with van der Waals surface area (Å²) >= 11 is 0. The minimum absolute atomic E-state index is 0.00147. The number of nitrogens with zero attached hydrogens (tertiary/aromatic N) is 4. The summed E-state index contributed by atoms with van der Waals surface area (Å²) in [7, 11) is 0. The van der Waals surface area contributed by atoms with E-state index >= 15 is 0 Å². The van der Waals surface area contributed by atoms with Crippen molar-refractivity contribution in [2.75, 3.05) is 6.61 Å². The van der Waals surface area contributed by atoms with Crippen molar-refractivity contribution in [3.8, 4) is 0 Å². The molecule has 3 heterocycles. The topological polar surface area (TPSA) is 112 Å². The van der Waals surface area contributed by atoms with E-state index in [9.17, 15) is 9.59 Å². The zero-order chi connectivity index (χ0) is 18.7. The lowest BCUT2D eigenvalue weighted by Crippen LogP contribution is -2.31. The van der Waals surface area contributed by atoms with E-state index in [1.54, 1.807) is 30.5 Å². The smallest absolute Gasteiger partial charge is 0.310 e. The van der Waals surface area contributed by atoms with Gasteiger partial charge in [-0.05, 0) is 32.9 Å². The van der Waals surface area contributed by atoms with Crippen LogP contribution in [0.25, 0.3) is 5.78 Å². The zero-order valence-electron chi connectivity index (χ0n) is 14.7. The first-order chi connectivity index (χ1) is 12.5. The normalized spacial score (nSPS) is 12.1. The molecular weight excluding hydrogens is 338 g/mol. The summed E-state index contributed by atoms with van der Waals surface area (Å²) in [4.78, 5) is 32.4. The summed E-state index contributed by atoms with van der Waals surface area (Å²) < 4.78 is 11.9. The van der Waals surface area contributed by atoms with Gasteiger partial charge < -0.3 is 14.5 Å². The van der Waals surface area contributed by atoms with E-state index in [-0.39, 0.29) is 19.1 Å². The van der Waals surface area contributed by atoms with Gasteiger partial charge in [0.15, 0.2) is 6.61 Å². The third kappa shape index (κ3) is 3.71. The maximum absolute atomic E-state index is 12.1. The molecule has 0 saturated heterocycles. The summed E-state index contributed by atoms with van der Waals surface area (Å²) in [5.41, 5.74) is 2.14. The maximum Gasteiger partial charge on any atom is 0.310 e. The fourth-order valence-electron chi connectivity index (χ4n) is 2.64. The molecule has 1 N–H and O–H groups in total. The van der Waals surface area contributed by atoms with E-state index < -0.39 is 11.9 Å². The predicted molar refractivity (Wildman–Crippen MR) is 90.2 cm³/mol. The first-order valence-corrected chi connectivity index (χ1v) is 8.10. The van der Waals surface area contributed by atoms with Crippen LogP contribution < -0.4 is 5.32 Å². The molecule has 0 aliphatic carbocycles. The van der Waals surface area contributed by atoms with E-state index in [4.69, 9.17) is 9.15 Å². The van der Waals surface area contributed by atoms with E-state index in [2.05, 4.69) is 20.4 Å². The SMILES string of the molecule is Cc1nc2ncnn2c(C)c1CC(=O)OCC(=O)N[C@H](C)c1ccco1. The lowest BCUT2D eigenvalue weighted by Gasteiger charge is -2.12. The minimum atomic E-state index is -0.515. The molecule has 0 radical (unpaired) electrons. The fourth-order valence-corrected chi connectivity index (χ4v) is 2.64. The van der Waals surface area contributed by atoms with Crippen LogP contribution in [0.15, 0.2) is 29.1 Å². The molecule has 136 valence electrons. The Labute approximate surface area is 149 Å². The van der Waals surface area contributed by atoms with Gasteiger partial charge in [0.25, 0.3) is 11.7 Å². The lowest BCUT2D eigenvalue weighted by atomic mass is 10.1. The van der Waals surface area contributed by atoms with E-state index in [1.165, 1.54) is 12.6 Å². The molecule has 0 aliphatic heterocycles. The fraction of sp³-hybridized carbons (Fsp3) is 0.353. The van der Waals surface area contributed by atoms with Crippen molar-refractivity contribution in [2.24, 2.45) is 0 Å². The largest absolute Gasteiger partial charge is 0.467 e. The number of hydrogen-bond acceptors (Lipinski definition) is 7. The Hall–Kier alpha value is -3.23. The second kappa shape index (κ2) is 7.34. The minimum Gasteiger partial charge on any atom is -0.467 e. The van der Waals surface area contributed by atoms with E-state index in [0.29, 0.717) is 22.8 Å². The molecular formula is C17H19N5O4. The molecule has 9 nitrogen and oxygen atoms in total. The number of furan rings is 1. The van der Waals surface area contributed by atoms with E-state index in [0.717, 1.165) is 5.69 Å². The summed E-state index contributed by atoms with van der Waals surface area (Å²) in [5, 5.41) is 6.78. The molecule has 3 aromatic rings. The molecule has 0 unspecified atom stereocenters. The number of carbonyl (C=O) groups excluding carboxylic acids is 2. The van der Waals surface area contributed by atoms with Crippen LogP contribution in [0, 0.1) is 13.8 Å². The van der Waals surface area contributed by atoms with E-state index in [1.807, 2.05) is 6.92 Å². The first kappa shape index (κ1) is 17.6. The molecule has 1 atom stereocenters. The summed E-state index contributed by atoms with van der Waals surface area (Å²) in [6.07, 6.45) is 2.94. The molecule has 3 aromatic heterocycles. The molecule has 0 fully saturated rings. The van der Waals surface area contributed by atoms with Crippen LogP contribution >= 0.6 is 0 Å². The maximum atomic E-state index is 12.1. The lowest BCUT2D eigenvalue weighted by molar-refractivity contribution is -0.148. The van der Waals surface area contributed by atoms with Gasteiger partial charge in [0, 0.05) is 17.0 Å². The monoisotopic (exact) mass is 357 g/mol. The highest BCUT2D eigenvalue weighted by Gasteiger charge is 2.17. The Balaban J connectivity index is 1.57. The summed E-state index contributed by atoms with van der Waals surface area (Å²) in [6.45, 7) is 5.05. The van der Waals surface area contributed by atoms with Crippen LogP contribution in [0.3, 0.4) is 0 Å². The molecule has 9 heteroatoms. The number of nitrogens with one attached hydrogen (secondary N) is 1. The van der Waals surface area contributed by atoms with Crippen molar-refractivity contribution in [1.29, 1.82) is 0 Å². The Morgan fingerprint density at radius 1 is 1.38 bits per heavy atom. The van der Waals surface area contributed by atoms with Crippen molar-refractivity contribution in [2.45, 2.75) is 33.2 Å². The van der Waals surface area contributed by atoms with Crippen LogP contribution in [0.5, 0.6) is 0 Å². The highest BCUT2D eigenvalue weighted by molar-refractivity contribution is 5.81. The summed E-state index contributed by atoms with van der Waals surface area (Å²) in [5.74, 6) is 0.186. The number of hydrogen-bond donors (Lipinski definition) is 1. The second-order valence-corrected chi connectivity index (χ2v) is 5.88. The third-order valence-corrected chi connectivity index (χ3v) is 4.02. The van der Waals surface area contributed by atoms with Crippen LogP contribution in [-0.2, 0) is 20.7 Å². The Kier molecular flexibility index (Phi) is 4.97. The average molecular weight is 357 g/mol. The van der Waals surface area contributed by atoms with Gasteiger partial charge in [-0.15, -0.1) is 0 Å². The standard InChI is InChI=1S/C17H19N5O4/c1-10-13(12(3)22-17(21-10)18-9-19-22)7-16(24)26-8-15(23)20-11(2)14-5-4-6-25-14/h4-6,9,11H,7-8H2,1-3H3,(H,20,23)/t11-/m1/s1. The number of aromatic nitrogens is 4. The molecule has 3 rings (SSSR count). The van der Waals surface area contributed by atoms with Gasteiger partial charge in [0.1, 0.15) is 12.1 Å². The van der Waals surface area contributed by atoms with Crippen molar-refractivity contribution in [3.63, 3.8) is 0 Å². The van der Waals surface area contributed by atoms with Crippen molar-refractivity contribution in [3.05, 3.63) is 47.4 Å². The average Bonchev–Trinajstić information content (AvgIpc) is 3.28. The van der Waals surface area contributed by atoms with Gasteiger partial charge in [-0.1, -0.05) is 0 Å². The quantitative estimate of drug-likeness (QED) is 0.662. The van der Waals surface area contributed by atoms with Crippen molar-refractivity contribution < 1.29 is 18.7 Å². The van der Waals surface area contributed by atoms with Crippen LogP contribution in [0.2, 0.25) is 0 Å². The van der Waals surface area contributed by atoms with Gasteiger partial charge in [-0.2, -0.15) is 10.1 Å². The van der Waals surface area contributed by atoms with Gasteiger partial charge in [-0.3, -0.25) is 9.59 Å². The predicted octanol–water partition coefficient (Wildman–Crippen LogP) is 1.30. The molecule has 26 heavy (non-hydrogen) atoms. The Morgan fingerprint density at radius 2 is 2.19 bits per heavy atom. The number of carbonyl (C=O) groups is 2. The first-order valence-electron chi connectivity index (χ1n) is 8.10. The number of aryl methyl sites for hydroxylation is 2. The molecule has 0 saturated carbocycles. The number of fused-ring (bicyclic) bond motifs is 1. The highest BCUT2D eigenvalue weighted by atomic mass is 16.5. The second-order valence-electron chi connectivity index (χ2n) is 5.88. The van der Waals surface area contributed by atoms with Crippen LogP contribution in [-0.4, -0.2) is 38.1 Å². The summed E-state index contributed by atoms with van der Waals surface area (Å²) in [6, 6.07) is 3.19. The molecule has 0 bridgehead atoms. The van der Waals surface area contributed by atoms with Crippen molar-refractivity contribution in [1.82, 2.24) is 24.9 Å². The van der Waals surface area contributed by atoms with Gasteiger partial charge in [-0.25, -0.2) is 9.50 Å². The molecule has 1 amide bonds. The molecule has 0 aliphatic rings. The van der Waals surface area contributed by atoms with Crippen molar-refractivity contribution >= 4 is 17.7 Å².